The Morgan fingerprint density at radius 1 is 1.30 bits per heavy atom. The molecule has 2 amide bonds. The van der Waals surface area contributed by atoms with Crippen molar-refractivity contribution in [3.8, 4) is 0 Å². The van der Waals surface area contributed by atoms with Crippen LogP contribution >= 0.6 is 24.8 Å². The first kappa shape index (κ1) is 22.7. The van der Waals surface area contributed by atoms with Gasteiger partial charge in [0.15, 0.2) is 0 Å². The zero-order valence-corrected chi connectivity index (χ0v) is 15.3. The van der Waals surface area contributed by atoms with Crippen molar-refractivity contribution >= 4 is 30.8 Å². The molecule has 2 saturated heterocycles. The van der Waals surface area contributed by atoms with E-state index in [-0.39, 0.29) is 49.0 Å². The molecule has 5 N–H and O–H groups in total. The van der Waals surface area contributed by atoms with Crippen LogP contribution in [0.1, 0.15) is 26.7 Å². The summed E-state index contributed by atoms with van der Waals surface area (Å²) in [7, 11) is 0. The van der Waals surface area contributed by atoms with Crippen molar-refractivity contribution in [3.63, 3.8) is 0 Å². The number of aliphatic hydroxyl groups is 1. The second-order valence-corrected chi connectivity index (χ2v) is 6.17. The third kappa shape index (κ3) is 7.41. The van der Waals surface area contributed by atoms with Crippen LogP contribution in [-0.4, -0.2) is 67.7 Å². The molecule has 7 nitrogen and oxygen atoms in total. The summed E-state index contributed by atoms with van der Waals surface area (Å²) in [4.78, 5) is 11.5. The highest BCUT2D eigenvalue weighted by Gasteiger charge is 2.37. The zero-order chi connectivity index (χ0) is 15.2. The van der Waals surface area contributed by atoms with Crippen molar-refractivity contribution in [2.45, 2.75) is 57.0 Å². The van der Waals surface area contributed by atoms with E-state index in [9.17, 15) is 9.90 Å². The molecule has 0 unspecified atom stereocenters. The van der Waals surface area contributed by atoms with Crippen LogP contribution < -0.4 is 21.3 Å². The number of hydrogen-bond acceptors (Lipinski definition) is 5. The highest BCUT2D eigenvalue weighted by molar-refractivity contribution is 5.85. The number of urea groups is 1. The molecule has 0 aliphatic carbocycles. The second kappa shape index (κ2) is 11.3. The number of amides is 2. The Labute approximate surface area is 150 Å². The normalized spacial score (nSPS) is 27.9. The van der Waals surface area contributed by atoms with Crippen molar-refractivity contribution in [1.29, 1.82) is 0 Å². The number of carbonyl (C=O) groups excluding carboxylic acids is 1. The molecular weight excluding hydrogens is 343 g/mol. The van der Waals surface area contributed by atoms with Crippen LogP contribution in [0.25, 0.3) is 0 Å². The number of halogens is 2. The van der Waals surface area contributed by atoms with E-state index in [2.05, 4.69) is 21.3 Å². The Kier molecular flexibility index (Phi) is 11.1. The number of nitrogens with one attached hydrogen (secondary N) is 4. The lowest BCUT2D eigenvalue weighted by Gasteiger charge is -2.28. The molecule has 23 heavy (non-hydrogen) atoms. The number of hydrogen-bond donors (Lipinski definition) is 5. The third-order valence-electron chi connectivity index (χ3n) is 3.96. The number of aliphatic hydroxyl groups excluding tert-OH is 1. The highest BCUT2D eigenvalue weighted by atomic mass is 35.5. The molecule has 138 valence electrons. The van der Waals surface area contributed by atoms with Crippen LogP contribution in [0.5, 0.6) is 0 Å². The Bertz CT molecular complexity index is 344. The minimum Gasteiger partial charge on any atom is -0.389 e. The average Bonchev–Trinajstić information content (AvgIpc) is 2.78. The van der Waals surface area contributed by atoms with Crippen molar-refractivity contribution in [1.82, 2.24) is 21.3 Å². The van der Waals surface area contributed by atoms with Gasteiger partial charge >= 0.3 is 6.03 Å². The Morgan fingerprint density at radius 2 is 1.96 bits per heavy atom. The van der Waals surface area contributed by atoms with Gasteiger partial charge in [-0.15, -0.1) is 24.8 Å². The van der Waals surface area contributed by atoms with Crippen LogP contribution in [0.3, 0.4) is 0 Å². The van der Waals surface area contributed by atoms with Gasteiger partial charge in [0.2, 0.25) is 0 Å². The van der Waals surface area contributed by atoms with Crippen molar-refractivity contribution < 1.29 is 14.6 Å². The lowest BCUT2D eigenvalue weighted by atomic mass is 10.0. The summed E-state index contributed by atoms with van der Waals surface area (Å²) in [5, 5.41) is 22.6. The fraction of sp³-hybridized carbons (Fsp3) is 0.929. The number of ether oxygens (including phenoxy) is 1. The summed E-state index contributed by atoms with van der Waals surface area (Å²) in [5.74, 6) is 0. The number of carbonyl (C=O) groups is 1. The molecule has 2 aliphatic rings. The molecule has 2 aliphatic heterocycles. The lowest BCUT2D eigenvalue weighted by Crippen LogP contribution is -2.51. The van der Waals surface area contributed by atoms with E-state index < -0.39 is 6.10 Å². The molecule has 3 atom stereocenters. The molecule has 0 aromatic rings. The first-order valence-electron chi connectivity index (χ1n) is 7.87. The standard InChI is InChI=1S/C14H28N4O3.2ClH/c1-9(2)17-14(20)16-7-12-13(19)11(8-21-12)18-10-3-5-15-6-4-10;;/h9-13,15,18-19H,3-8H2,1-2H3,(H2,16,17,20);2*1H/t11-,12-,13+;;/m1../s1. The van der Waals surface area contributed by atoms with Gasteiger partial charge in [-0.1, -0.05) is 0 Å². The van der Waals surface area contributed by atoms with Gasteiger partial charge in [0, 0.05) is 18.6 Å². The van der Waals surface area contributed by atoms with Crippen LogP contribution in [0, 0.1) is 0 Å². The van der Waals surface area contributed by atoms with Gasteiger partial charge in [-0.05, 0) is 39.8 Å². The summed E-state index contributed by atoms with van der Waals surface area (Å²) < 4.78 is 5.60. The first-order chi connectivity index (χ1) is 10.1. The zero-order valence-electron chi connectivity index (χ0n) is 13.7. The Balaban J connectivity index is 0.00000242. The molecule has 2 fully saturated rings. The predicted molar refractivity (Wildman–Crippen MR) is 94.7 cm³/mol. The van der Waals surface area contributed by atoms with Gasteiger partial charge in [0.1, 0.15) is 6.10 Å². The van der Waals surface area contributed by atoms with Crippen LogP contribution in [0.2, 0.25) is 0 Å². The Hall–Kier alpha value is -0.310. The van der Waals surface area contributed by atoms with Crippen molar-refractivity contribution in [2.75, 3.05) is 26.2 Å². The summed E-state index contributed by atoms with van der Waals surface area (Å²) in [5.41, 5.74) is 0. The van der Waals surface area contributed by atoms with Crippen LogP contribution in [0.15, 0.2) is 0 Å². The van der Waals surface area contributed by atoms with Gasteiger partial charge in [-0.3, -0.25) is 0 Å². The minimum atomic E-state index is -0.584. The molecule has 2 rings (SSSR count). The van der Waals surface area contributed by atoms with E-state index in [1.54, 1.807) is 0 Å². The minimum absolute atomic E-state index is 0. The highest BCUT2D eigenvalue weighted by Crippen LogP contribution is 2.16. The van der Waals surface area contributed by atoms with Gasteiger partial charge in [-0.2, -0.15) is 0 Å². The van der Waals surface area contributed by atoms with E-state index in [4.69, 9.17) is 4.74 Å². The van der Waals surface area contributed by atoms with Crippen molar-refractivity contribution in [3.05, 3.63) is 0 Å². The largest absolute Gasteiger partial charge is 0.389 e. The monoisotopic (exact) mass is 372 g/mol. The van der Waals surface area contributed by atoms with Crippen LogP contribution in [-0.2, 0) is 4.74 Å². The van der Waals surface area contributed by atoms with E-state index in [1.807, 2.05) is 13.8 Å². The maximum absolute atomic E-state index is 11.5. The van der Waals surface area contributed by atoms with Gasteiger partial charge in [0.25, 0.3) is 0 Å². The van der Waals surface area contributed by atoms with Gasteiger partial charge < -0.3 is 31.1 Å². The van der Waals surface area contributed by atoms with E-state index >= 15 is 0 Å². The second-order valence-electron chi connectivity index (χ2n) is 6.17. The molecule has 2 heterocycles. The maximum atomic E-state index is 11.5. The number of rotatable bonds is 5. The quantitative estimate of drug-likeness (QED) is 0.468. The molecule has 0 aromatic heterocycles. The van der Waals surface area contributed by atoms with Gasteiger partial charge in [-0.25, -0.2) is 4.79 Å². The summed E-state index contributed by atoms with van der Waals surface area (Å²) >= 11 is 0. The predicted octanol–water partition coefficient (Wildman–Crippen LogP) is 0.00750. The topological polar surface area (TPSA) is 94.7 Å². The average molecular weight is 373 g/mol. The third-order valence-corrected chi connectivity index (χ3v) is 3.96. The summed E-state index contributed by atoms with van der Waals surface area (Å²) in [6, 6.07) is 0.253. The summed E-state index contributed by atoms with van der Waals surface area (Å²) in [6.07, 6.45) is 1.22. The smallest absolute Gasteiger partial charge is 0.315 e. The molecule has 0 radical (unpaired) electrons. The molecule has 0 spiro atoms. The fourth-order valence-corrected chi connectivity index (χ4v) is 2.81. The van der Waals surface area contributed by atoms with Crippen LogP contribution in [0.4, 0.5) is 4.79 Å². The lowest BCUT2D eigenvalue weighted by molar-refractivity contribution is 0.0420. The SMILES string of the molecule is CC(C)NC(=O)NC[C@H]1OC[C@@H](NC2CCNCC2)[C@@H]1O.Cl.Cl. The molecule has 0 aromatic carbocycles. The van der Waals surface area contributed by atoms with Gasteiger partial charge in [0.05, 0.1) is 18.8 Å². The number of piperidine rings is 1. The first-order valence-corrected chi connectivity index (χ1v) is 7.87. The molecule has 9 heteroatoms. The van der Waals surface area contributed by atoms with Crippen molar-refractivity contribution in [2.24, 2.45) is 0 Å². The van der Waals surface area contributed by atoms with E-state index in [0.717, 1.165) is 25.9 Å². The molecule has 0 bridgehead atoms. The summed E-state index contributed by atoms with van der Waals surface area (Å²) in [6.45, 7) is 6.65. The fourth-order valence-electron chi connectivity index (χ4n) is 2.81. The Morgan fingerprint density at radius 3 is 2.57 bits per heavy atom. The molecule has 0 saturated carbocycles. The van der Waals surface area contributed by atoms with E-state index in [0.29, 0.717) is 19.2 Å². The molecular formula is C14H30Cl2N4O3. The van der Waals surface area contributed by atoms with E-state index in [1.165, 1.54) is 0 Å². The maximum Gasteiger partial charge on any atom is 0.315 e.